The zero-order valence-corrected chi connectivity index (χ0v) is 20.1. The van der Waals surface area contributed by atoms with Gasteiger partial charge >= 0.3 is 0 Å². The van der Waals surface area contributed by atoms with Crippen molar-refractivity contribution in [1.82, 2.24) is 9.88 Å². The second-order valence-electron chi connectivity index (χ2n) is 8.41. The number of amides is 2. The summed E-state index contributed by atoms with van der Waals surface area (Å²) in [4.78, 5) is 34.8. The lowest BCUT2D eigenvalue weighted by Crippen LogP contribution is -2.32. The lowest BCUT2D eigenvalue weighted by Gasteiger charge is -2.21. The summed E-state index contributed by atoms with van der Waals surface area (Å²) in [5.74, 6) is -0.669. The minimum Gasteiger partial charge on any atom is -0.372 e. The first-order chi connectivity index (χ1) is 16.4. The SMILES string of the molecule is CCN(CC)c1ccc(NC2=C(c3ccc(C)c(C)c3)C(=O)N(Cc3ccccn3)C2=O)cc1. The van der Waals surface area contributed by atoms with Crippen molar-refractivity contribution in [3.05, 3.63) is 94.9 Å². The van der Waals surface area contributed by atoms with E-state index in [0.29, 0.717) is 17.0 Å². The molecule has 4 rings (SSSR count). The molecular weight excluding hydrogens is 424 g/mol. The van der Waals surface area contributed by atoms with Gasteiger partial charge in [0, 0.05) is 30.7 Å². The van der Waals surface area contributed by atoms with Crippen LogP contribution in [0.4, 0.5) is 11.4 Å². The van der Waals surface area contributed by atoms with Crippen molar-refractivity contribution in [3.8, 4) is 0 Å². The van der Waals surface area contributed by atoms with E-state index in [2.05, 4.69) is 29.0 Å². The van der Waals surface area contributed by atoms with Crippen LogP contribution in [0.15, 0.2) is 72.6 Å². The summed E-state index contributed by atoms with van der Waals surface area (Å²) >= 11 is 0. The predicted octanol–water partition coefficient (Wildman–Crippen LogP) is 4.94. The van der Waals surface area contributed by atoms with Crippen LogP contribution in [-0.2, 0) is 16.1 Å². The van der Waals surface area contributed by atoms with Crippen LogP contribution in [0.5, 0.6) is 0 Å². The van der Waals surface area contributed by atoms with Gasteiger partial charge in [0.25, 0.3) is 11.8 Å². The number of nitrogens with one attached hydrogen (secondary N) is 1. The van der Waals surface area contributed by atoms with Gasteiger partial charge in [0.15, 0.2) is 0 Å². The van der Waals surface area contributed by atoms with E-state index in [-0.39, 0.29) is 18.4 Å². The van der Waals surface area contributed by atoms with E-state index in [4.69, 9.17) is 0 Å². The third-order valence-corrected chi connectivity index (χ3v) is 6.28. The molecule has 2 amide bonds. The molecule has 34 heavy (non-hydrogen) atoms. The zero-order valence-electron chi connectivity index (χ0n) is 20.1. The van der Waals surface area contributed by atoms with Gasteiger partial charge in [-0.1, -0.05) is 24.3 Å². The van der Waals surface area contributed by atoms with Gasteiger partial charge < -0.3 is 10.2 Å². The van der Waals surface area contributed by atoms with Crippen molar-refractivity contribution in [2.45, 2.75) is 34.2 Å². The van der Waals surface area contributed by atoms with Crippen LogP contribution in [-0.4, -0.2) is 34.8 Å². The van der Waals surface area contributed by atoms with Crippen LogP contribution in [0.1, 0.15) is 36.2 Å². The normalized spacial score (nSPS) is 13.6. The number of hydrogen-bond donors (Lipinski definition) is 1. The molecule has 3 aromatic rings. The highest BCUT2D eigenvalue weighted by molar-refractivity contribution is 6.36. The molecule has 0 fully saturated rings. The Bertz CT molecular complexity index is 1230. The number of aromatic nitrogens is 1. The van der Waals surface area contributed by atoms with E-state index < -0.39 is 0 Å². The van der Waals surface area contributed by atoms with Crippen molar-refractivity contribution < 1.29 is 9.59 Å². The second-order valence-corrected chi connectivity index (χ2v) is 8.41. The average Bonchev–Trinajstić information content (AvgIpc) is 3.07. The number of carbonyl (C=O) groups is 2. The number of benzene rings is 2. The number of pyridine rings is 1. The van der Waals surface area contributed by atoms with E-state index in [9.17, 15) is 9.59 Å². The lowest BCUT2D eigenvalue weighted by molar-refractivity contribution is -0.137. The molecule has 1 aliphatic rings. The standard InChI is InChI=1S/C28H30N4O2/c1-5-31(6-2)24-14-12-22(13-15-24)30-26-25(21-11-10-19(3)20(4)17-21)27(33)32(28(26)34)18-23-9-7-8-16-29-23/h7-17,30H,5-6,18H2,1-4H3. The molecule has 1 aliphatic heterocycles. The molecule has 1 aromatic heterocycles. The molecule has 6 heteroatoms. The van der Waals surface area contributed by atoms with E-state index >= 15 is 0 Å². The fourth-order valence-electron chi connectivity index (χ4n) is 4.14. The summed E-state index contributed by atoms with van der Waals surface area (Å²) in [7, 11) is 0. The van der Waals surface area contributed by atoms with Crippen LogP contribution in [0.2, 0.25) is 0 Å². The lowest BCUT2D eigenvalue weighted by atomic mass is 9.99. The highest BCUT2D eigenvalue weighted by Crippen LogP contribution is 2.32. The number of nitrogens with zero attached hydrogens (tertiary/aromatic N) is 3. The summed E-state index contributed by atoms with van der Waals surface area (Å²) in [6.45, 7) is 10.2. The molecule has 0 aliphatic carbocycles. The monoisotopic (exact) mass is 454 g/mol. The van der Waals surface area contributed by atoms with Gasteiger partial charge in [-0.15, -0.1) is 0 Å². The summed E-state index contributed by atoms with van der Waals surface area (Å²) in [6, 6.07) is 19.3. The first-order valence-electron chi connectivity index (χ1n) is 11.6. The summed E-state index contributed by atoms with van der Waals surface area (Å²) in [5, 5.41) is 3.25. The number of rotatable bonds is 8. The minimum absolute atomic E-state index is 0.124. The molecule has 6 nitrogen and oxygen atoms in total. The zero-order chi connectivity index (χ0) is 24.2. The van der Waals surface area contributed by atoms with Gasteiger partial charge in [-0.2, -0.15) is 0 Å². The molecule has 0 atom stereocenters. The smallest absolute Gasteiger partial charge is 0.278 e. The molecule has 0 saturated carbocycles. The summed E-state index contributed by atoms with van der Waals surface area (Å²) < 4.78 is 0. The first kappa shape index (κ1) is 23.2. The topological polar surface area (TPSA) is 65.5 Å². The van der Waals surface area contributed by atoms with Crippen LogP contribution >= 0.6 is 0 Å². The van der Waals surface area contributed by atoms with E-state index in [1.807, 2.05) is 74.5 Å². The van der Waals surface area contributed by atoms with Gasteiger partial charge in [-0.3, -0.25) is 19.5 Å². The predicted molar refractivity (Wildman–Crippen MR) is 136 cm³/mol. The summed E-state index contributed by atoms with van der Waals surface area (Å²) in [6.07, 6.45) is 1.66. The van der Waals surface area contributed by atoms with Crippen molar-refractivity contribution in [3.63, 3.8) is 0 Å². The van der Waals surface area contributed by atoms with E-state index in [1.54, 1.807) is 6.20 Å². The Morgan fingerprint density at radius 2 is 1.62 bits per heavy atom. The molecule has 1 N–H and O–H groups in total. The Morgan fingerprint density at radius 1 is 0.882 bits per heavy atom. The van der Waals surface area contributed by atoms with Crippen molar-refractivity contribution in [2.24, 2.45) is 0 Å². The third-order valence-electron chi connectivity index (χ3n) is 6.28. The van der Waals surface area contributed by atoms with Crippen LogP contribution in [0.3, 0.4) is 0 Å². The molecule has 2 heterocycles. The van der Waals surface area contributed by atoms with Crippen molar-refractivity contribution in [1.29, 1.82) is 0 Å². The van der Waals surface area contributed by atoms with Crippen LogP contribution < -0.4 is 10.2 Å². The third kappa shape index (κ3) is 4.57. The number of imide groups is 1. The first-order valence-corrected chi connectivity index (χ1v) is 11.6. The quantitative estimate of drug-likeness (QED) is 0.489. The molecular formula is C28H30N4O2. The van der Waals surface area contributed by atoms with Crippen LogP contribution in [0.25, 0.3) is 5.57 Å². The van der Waals surface area contributed by atoms with Crippen LogP contribution in [0, 0.1) is 13.8 Å². The number of hydrogen-bond acceptors (Lipinski definition) is 5. The molecule has 0 radical (unpaired) electrons. The number of carbonyl (C=O) groups excluding carboxylic acids is 2. The highest BCUT2D eigenvalue weighted by Gasteiger charge is 2.39. The van der Waals surface area contributed by atoms with E-state index in [0.717, 1.165) is 41.2 Å². The Kier molecular flexibility index (Phi) is 6.77. The molecule has 0 bridgehead atoms. The maximum Gasteiger partial charge on any atom is 0.278 e. The second kappa shape index (κ2) is 9.91. The Labute approximate surface area is 200 Å². The highest BCUT2D eigenvalue weighted by atomic mass is 16.2. The maximum absolute atomic E-state index is 13.5. The fraction of sp³-hybridized carbons (Fsp3) is 0.250. The number of aryl methyl sites for hydroxylation is 2. The Hall–Kier alpha value is -3.93. The molecule has 0 unspecified atom stereocenters. The maximum atomic E-state index is 13.5. The molecule has 174 valence electrons. The Morgan fingerprint density at radius 3 is 2.24 bits per heavy atom. The number of anilines is 2. The van der Waals surface area contributed by atoms with Gasteiger partial charge in [-0.05, 0) is 80.8 Å². The van der Waals surface area contributed by atoms with Gasteiger partial charge in [0.1, 0.15) is 5.70 Å². The average molecular weight is 455 g/mol. The minimum atomic E-state index is -0.350. The van der Waals surface area contributed by atoms with Gasteiger partial charge in [0.05, 0.1) is 17.8 Å². The Balaban J connectivity index is 1.71. The molecule has 2 aromatic carbocycles. The molecule has 0 saturated heterocycles. The molecule has 0 spiro atoms. The van der Waals surface area contributed by atoms with E-state index in [1.165, 1.54) is 4.90 Å². The van der Waals surface area contributed by atoms with Crippen molar-refractivity contribution in [2.75, 3.05) is 23.3 Å². The van der Waals surface area contributed by atoms with Gasteiger partial charge in [0.2, 0.25) is 0 Å². The summed E-state index contributed by atoms with van der Waals surface area (Å²) in [5.41, 5.74) is 6.14. The fourth-order valence-corrected chi connectivity index (χ4v) is 4.14. The largest absolute Gasteiger partial charge is 0.372 e. The van der Waals surface area contributed by atoms with Gasteiger partial charge in [-0.25, -0.2) is 0 Å². The van der Waals surface area contributed by atoms with Crippen molar-refractivity contribution >= 4 is 28.8 Å².